The van der Waals surface area contributed by atoms with Gasteiger partial charge in [0.15, 0.2) is 5.65 Å². The third-order valence-electron chi connectivity index (χ3n) is 2.88. The lowest BCUT2D eigenvalue weighted by Gasteiger charge is -1.97. The number of aromatic nitrogens is 4. The maximum Gasteiger partial charge on any atom is 0.302 e. The van der Waals surface area contributed by atoms with Gasteiger partial charge in [0, 0.05) is 19.0 Å². The third kappa shape index (κ3) is 2.09. The summed E-state index contributed by atoms with van der Waals surface area (Å²) in [6.45, 7) is 1.88. The van der Waals surface area contributed by atoms with Gasteiger partial charge in [-0.1, -0.05) is 0 Å². The van der Waals surface area contributed by atoms with Gasteiger partial charge < -0.3 is 4.74 Å². The highest BCUT2D eigenvalue weighted by Gasteiger charge is 2.31. The van der Waals surface area contributed by atoms with Crippen LogP contribution in [0.25, 0.3) is 17.4 Å². The minimum Gasteiger partial charge on any atom is -0.465 e. The monoisotopic (exact) mass is 244 g/mol. The second-order valence-corrected chi connectivity index (χ2v) is 4.29. The molecule has 18 heavy (non-hydrogen) atoms. The number of ether oxygens (including phenoxy) is 1. The Kier molecular flexibility index (Phi) is 2.55. The van der Waals surface area contributed by atoms with Gasteiger partial charge in [-0.15, -0.1) is 0 Å². The lowest BCUT2D eigenvalue weighted by atomic mass is 10.4. The van der Waals surface area contributed by atoms with E-state index in [0.29, 0.717) is 12.5 Å². The summed E-state index contributed by atoms with van der Waals surface area (Å²) >= 11 is 0. The van der Waals surface area contributed by atoms with Crippen LogP contribution in [0.15, 0.2) is 24.4 Å². The molecule has 6 heteroatoms. The first-order chi connectivity index (χ1) is 8.74. The van der Waals surface area contributed by atoms with Gasteiger partial charge in [-0.05, 0) is 12.0 Å². The number of rotatable bonds is 3. The van der Waals surface area contributed by atoms with Crippen molar-refractivity contribution in [3.63, 3.8) is 0 Å². The molecular weight excluding hydrogens is 232 g/mol. The Labute approximate surface area is 103 Å². The minimum atomic E-state index is -0.234. The normalized spacial score (nSPS) is 20.3. The van der Waals surface area contributed by atoms with Crippen LogP contribution in [0.5, 0.6) is 0 Å². The fourth-order valence-electron chi connectivity index (χ4n) is 1.83. The summed E-state index contributed by atoms with van der Waals surface area (Å²) in [7, 11) is 0. The van der Waals surface area contributed by atoms with Crippen molar-refractivity contribution in [1.82, 2.24) is 19.5 Å². The molecule has 0 radical (unpaired) electrons. The van der Waals surface area contributed by atoms with E-state index in [-0.39, 0.29) is 5.97 Å². The van der Waals surface area contributed by atoms with E-state index in [2.05, 4.69) is 15.0 Å². The zero-order chi connectivity index (χ0) is 12.5. The van der Waals surface area contributed by atoms with E-state index in [1.807, 2.05) is 10.8 Å². The lowest BCUT2D eigenvalue weighted by molar-refractivity contribution is -0.141. The van der Waals surface area contributed by atoms with Gasteiger partial charge in [-0.3, -0.25) is 9.36 Å². The maximum atomic E-state index is 10.7. The van der Waals surface area contributed by atoms with Crippen molar-refractivity contribution in [2.75, 3.05) is 6.61 Å². The molecule has 92 valence electrons. The molecule has 0 N–H and O–H groups in total. The van der Waals surface area contributed by atoms with Crippen LogP contribution in [0.4, 0.5) is 0 Å². The van der Waals surface area contributed by atoms with E-state index in [1.54, 1.807) is 12.5 Å². The highest BCUT2D eigenvalue weighted by molar-refractivity contribution is 5.72. The molecule has 1 atom stereocenters. The second kappa shape index (κ2) is 4.21. The molecule has 1 saturated carbocycles. The molecule has 0 amide bonds. The molecule has 2 heterocycles. The average Bonchev–Trinajstić information content (AvgIpc) is 2.98. The predicted molar refractivity (Wildman–Crippen MR) is 64.3 cm³/mol. The number of fused-ring (bicyclic) bond motifs is 1. The first-order valence-electron chi connectivity index (χ1n) is 5.70. The van der Waals surface area contributed by atoms with Crippen molar-refractivity contribution in [3.8, 4) is 0 Å². The van der Waals surface area contributed by atoms with Crippen LogP contribution in [-0.4, -0.2) is 32.1 Å². The van der Waals surface area contributed by atoms with E-state index in [0.717, 1.165) is 17.6 Å². The molecule has 1 fully saturated rings. The molecule has 6 nitrogen and oxygen atoms in total. The molecule has 1 aliphatic carbocycles. The van der Waals surface area contributed by atoms with E-state index in [1.165, 1.54) is 18.8 Å². The molecule has 0 aromatic carbocycles. The summed E-state index contributed by atoms with van der Waals surface area (Å²) in [6, 6.07) is 0. The molecular formula is C12H12N4O2. The number of carbonyl (C=O) groups excluding carboxylic acids is 1. The SMILES string of the molecule is CC(=O)OCC1CC1=Cn1cnc2cncnc21. The fourth-order valence-corrected chi connectivity index (χ4v) is 1.83. The van der Waals surface area contributed by atoms with Gasteiger partial charge in [0.2, 0.25) is 0 Å². The standard InChI is InChI=1S/C12H12N4O2/c1-8(17)18-5-10-2-9(10)4-16-7-15-11-3-13-6-14-12(11)16/h3-4,6-7,10H,2,5H2,1H3. The van der Waals surface area contributed by atoms with Crippen LogP contribution < -0.4 is 0 Å². The highest BCUT2D eigenvalue weighted by Crippen LogP contribution is 2.38. The Morgan fingerprint density at radius 2 is 2.50 bits per heavy atom. The molecule has 3 rings (SSSR count). The van der Waals surface area contributed by atoms with E-state index < -0.39 is 0 Å². The Balaban J connectivity index is 1.76. The smallest absolute Gasteiger partial charge is 0.302 e. The number of esters is 1. The number of nitrogens with zero attached hydrogens (tertiary/aromatic N) is 4. The number of hydrogen-bond donors (Lipinski definition) is 0. The van der Waals surface area contributed by atoms with Crippen molar-refractivity contribution in [2.45, 2.75) is 13.3 Å². The largest absolute Gasteiger partial charge is 0.465 e. The van der Waals surface area contributed by atoms with Crippen LogP contribution in [0.2, 0.25) is 0 Å². The van der Waals surface area contributed by atoms with Crippen LogP contribution in [0, 0.1) is 5.92 Å². The van der Waals surface area contributed by atoms with Gasteiger partial charge in [0.25, 0.3) is 0 Å². The second-order valence-electron chi connectivity index (χ2n) is 4.29. The Morgan fingerprint density at radius 1 is 1.61 bits per heavy atom. The van der Waals surface area contributed by atoms with E-state index >= 15 is 0 Å². The number of carbonyl (C=O) groups is 1. The van der Waals surface area contributed by atoms with Crippen LogP contribution in [0.3, 0.4) is 0 Å². The Bertz CT molecular complexity index is 632. The van der Waals surface area contributed by atoms with E-state index in [9.17, 15) is 4.79 Å². The molecule has 2 aromatic heterocycles. The first kappa shape index (κ1) is 10.9. The van der Waals surface area contributed by atoms with Gasteiger partial charge in [-0.25, -0.2) is 15.0 Å². The quantitative estimate of drug-likeness (QED) is 0.760. The first-order valence-corrected chi connectivity index (χ1v) is 5.70. The van der Waals surface area contributed by atoms with Gasteiger partial charge in [0.05, 0.1) is 12.8 Å². The third-order valence-corrected chi connectivity index (χ3v) is 2.88. The maximum absolute atomic E-state index is 10.7. The van der Waals surface area contributed by atoms with Crippen molar-refractivity contribution in [1.29, 1.82) is 0 Å². The highest BCUT2D eigenvalue weighted by atomic mass is 16.5. The number of hydrogen-bond acceptors (Lipinski definition) is 5. The molecule has 1 unspecified atom stereocenters. The molecule has 2 aromatic rings. The van der Waals surface area contributed by atoms with Crippen LogP contribution in [-0.2, 0) is 9.53 Å². The summed E-state index contributed by atoms with van der Waals surface area (Å²) in [4.78, 5) is 23.0. The van der Waals surface area contributed by atoms with Crippen LogP contribution >= 0.6 is 0 Å². The van der Waals surface area contributed by atoms with Crippen molar-refractivity contribution < 1.29 is 9.53 Å². The van der Waals surface area contributed by atoms with Crippen molar-refractivity contribution >= 4 is 23.3 Å². The molecule has 0 spiro atoms. The number of imidazole rings is 1. The Hall–Kier alpha value is -2.24. The van der Waals surface area contributed by atoms with Crippen molar-refractivity contribution in [3.05, 3.63) is 24.4 Å². The molecule has 1 aliphatic rings. The molecule has 0 aliphatic heterocycles. The predicted octanol–water partition coefficient (Wildman–Crippen LogP) is 1.25. The summed E-state index contributed by atoms with van der Waals surface area (Å²) in [5.74, 6) is 0.107. The van der Waals surface area contributed by atoms with Crippen molar-refractivity contribution in [2.24, 2.45) is 5.92 Å². The van der Waals surface area contributed by atoms with Gasteiger partial charge >= 0.3 is 5.97 Å². The topological polar surface area (TPSA) is 69.9 Å². The molecule has 0 bridgehead atoms. The summed E-state index contributed by atoms with van der Waals surface area (Å²) in [5, 5.41) is 0. The van der Waals surface area contributed by atoms with E-state index in [4.69, 9.17) is 4.74 Å². The van der Waals surface area contributed by atoms with Gasteiger partial charge in [-0.2, -0.15) is 0 Å². The zero-order valence-electron chi connectivity index (χ0n) is 9.91. The summed E-state index contributed by atoms with van der Waals surface area (Å²) in [6.07, 6.45) is 7.85. The van der Waals surface area contributed by atoms with Gasteiger partial charge in [0.1, 0.15) is 18.2 Å². The average molecular weight is 244 g/mol. The summed E-state index contributed by atoms with van der Waals surface area (Å²) < 4.78 is 6.85. The molecule has 0 saturated heterocycles. The fraction of sp³-hybridized carbons (Fsp3) is 0.333. The Morgan fingerprint density at radius 3 is 3.33 bits per heavy atom. The summed E-state index contributed by atoms with van der Waals surface area (Å²) in [5.41, 5.74) is 2.80. The lowest BCUT2D eigenvalue weighted by Crippen LogP contribution is -2.01. The zero-order valence-corrected chi connectivity index (χ0v) is 9.91. The minimum absolute atomic E-state index is 0.234. The van der Waals surface area contributed by atoms with Crippen LogP contribution in [0.1, 0.15) is 13.3 Å².